The van der Waals surface area contributed by atoms with Gasteiger partial charge in [0.25, 0.3) is 0 Å². The van der Waals surface area contributed by atoms with Crippen molar-refractivity contribution in [1.29, 1.82) is 0 Å². The van der Waals surface area contributed by atoms with Gasteiger partial charge in [-0.25, -0.2) is 0 Å². The topological polar surface area (TPSA) is 52.7 Å². The number of piperazine rings is 1. The third kappa shape index (κ3) is 5.45. The molecule has 2 aromatic rings. The van der Waals surface area contributed by atoms with E-state index >= 15 is 0 Å². The molecule has 1 amide bonds. The van der Waals surface area contributed by atoms with Gasteiger partial charge in [0.1, 0.15) is 0 Å². The molecule has 29 heavy (non-hydrogen) atoms. The Morgan fingerprint density at radius 2 is 1.66 bits per heavy atom. The average molecular weight is 394 g/mol. The molecule has 154 valence electrons. The van der Waals surface area contributed by atoms with Crippen LogP contribution >= 0.6 is 0 Å². The van der Waals surface area contributed by atoms with Crippen molar-refractivity contribution in [2.75, 3.05) is 37.6 Å². The summed E-state index contributed by atoms with van der Waals surface area (Å²) < 4.78 is 0. The number of hydrogen-bond donors (Lipinski definition) is 1. The van der Waals surface area contributed by atoms with E-state index in [1.165, 1.54) is 16.7 Å². The third-order valence-corrected chi connectivity index (χ3v) is 5.66. The second-order valence-electron chi connectivity index (χ2n) is 8.02. The van der Waals surface area contributed by atoms with Gasteiger partial charge in [-0.2, -0.15) is 0 Å². The number of carbonyl (C=O) groups is 2. The first kappa shape index (κ1) is 21.1. The summed E-state index contributed by atoms with van der Waals surface area (Å²) in [6.45, 7) is 11.6. The minimum Gasteiger partial charge on any atom is -0.369 e. The molecule has 0 radical (unpaired) electrons. The van der Waals surface area contributed by atoms with Gasteiger partial charge in [0.2, 0.25) is 5.91 Å². The van der Waals surface area contributed by atoms with Gasteiger partial charge < -0.3 is 10.2 Å². The summed E-state index contributed by atoms with van der Waals surface area (Å²) in [4.78, 5) is 28.5. The van der Waals surface area contributed by atoms with Crippen LogP contribution in [0.1, 0.15) is 46.9 Å². The first-order valence-electron chi connectivity index (χ1n) is 10.3. The summed E-state index contributed by atoms with van der Waals surface area (Å²) in [5, 5.41) is 3.15. The van der Waals surface area contributed by atoms with E-state index in [1.807, 2.05) is 31.2 Å². The molecule has 0 unspecified atom stereocenters. The van der Waals surface area contributed by atoms with Crippen LogP contribution in [0.4, 0.5) is 5.69 Å². The molecule has 0 spiro atoms. The second kappa shape index (κ2) is 9.23. The zero-order valence-corrected chi connectivity index (χ0v) is 17.9. The van der Waals surface area contributed by atoms with Gasteiger partial charge in [0.05, 0.1) is 12.6 Å². The lowest BCUT2D eigenvalue weighted by Crippen LogP contribution is -2.49. The van der Waals surface area contributed by atoms with E-state index in [0.29, 0.717) is 6.54 Å². The number of Topliss-reactive ketones (excluding diaryl/α,β-unsaturated/α-hetero) is 1. The maximum absolute atomic E-state index is 12.5. The van der Waals surface area contributed by atoms with Crippen LogP contribution in [0.15, 0.2) is 42.5 Å². The molecule has 0 aliphatic carbocycles. The van der Waals surface area contributed by atoms with Gasteiger partial charge >= 0.3 is 0 Å². The quantitative estimate of drug-likeness (QED) is 0.763. The van der Waals surface area contributed by atoms with E-state index in [1.54, 1.807) is 6.92 Å². The van der Waals surface area contributed by atoms with Crippen LogP contribution in [0.5, 0.6) is 0 Å². The number of benzene rings is 2. The maximum atomic E-state index is 12.5. The zero-order chi connectivity index (χ0) is 21.0. The average Bonchev–Trinajstić information content (AvgIpc) is 2.70. The first-order chi connectivity index (χ1) is 13.8. The Morgan fingerprint density at radius 3 is 2.28 bits per heavy atom. The molecular weight excluding hydrogens is 362 g/mol. The highest BCUT2D eigenvalue weighted by Crippen LogP contribution is 2.20. The van der Waals surface area contributed by atoms with Gasteiger partial charge in [-0.05, 0) is 63.1 Å². The lowest BCUT2D eigenvalue weighted by Gasteiger charge is -2.36. The molecule has 1 saturated heterocycles. The van der Waals surface area contributed by atoms with Crippen molar-refractivity contribution in [3.63, 3.8) is 0 Å². The van der Waals surface area contributed by atoms with Gasteiger partial charge in [-0.15, -0.1) is 0 Å². The van der Waals surface area contributed by atoms with Crippen LogP contribution in [0.2, 0.25) is 0 Å². The largest absolute Gasteiger partial charge is 0.369 e. The highest BCUT2D eigenvalue weighted by Gasteiger charge is 2.20. The van der Waals surface area contributed by atoms with Crippen molar-refractivity contribution in [3.8, 4) is 0 Å². The van der Waals surface area contributed by atoms with Crippen LogP contribution in [0.25, 0.3) is 0 Å². The van der Waals surface area contributed by atoms with Crippen molar-refractivity contribution >= 4 is 17.4 Å². The normalized spacial score (nSPS) is 15.8. The molecule has 1 aliphatic heterocycles. The summed E-state index contributed by atoms with van der Waals surface area (Å²) >= 11 is 0. The van der Waals surface area contributed by atoms with Gasteiger partial charge in [-0.1, -0.05) is 23.8 Å². The Balaban J connectivity index is 1.49. The van der Waals surface area contributed by atoms with Crippen LogP contribution < -0.4 is 10.2 Å². The summed E-state index contributed by atoms with van der Waals surface area (Å²) in [7, 11) is 0. The smallest absolute Gasteiger partial charge is 0.234 e. The molecule has 5 heteroatoms. The molecule has 2 aromatic carbocycles. The summed E-state index contributed by atoms with van der Waals surface area (Å²) in [6, 6.07) is 14.1. The van der Waals surface area contributed by atoms with Crippen molar-refractivity contribution in [2.24, 2.45) is 0 Å². The zero-order valence-electron chi connectivity index (χ0n) is 17.9. The van der Waals surface area contributed by atoms with Crippen LogP contribution in [-0.2, 0) is 4.79 Å². The number of hydrogen-bond acceptors (Lipinski definition) is 4. The second-order valence-corrected chi connectivity index (χ2v) is 8.02. The Hall–Kier alpha value is -2.66. The van der Waals surface area contributed by atoms with Gasteiger partial charge in [0, 0.05) is 37.4 Å². The minimum absolute atomic E-state index is 0.00322. The van der Waals surface area contributed by atoms with Crippen LogP contribution in [0.3, 0.4) is 0 Å². The van der Waals surface area contributed by atoms with E-state index in [0.717, 1.165) is 37.4 Å². The molecule has 1 heterocycles. The predicted molar refractivity (Wildman–Crippen MR) is 118 cm³/mol. The fraction of sp³-hybridized carbons (Fsp3) is 0.417. The lowest BCUT2D eigenvalue weighted by atomic mass is 10.00. The number of nitrogens with zero attached hydrogens (tertiary/aromatic N) is 2. The van der Waals surface area contributed by atoms with Crippen molar-refractivity contribution in [3.05, 3.63) is 64.7 Å². The fourth-order valence-corrected chi connectivity index (χ4v) is 3.87. The highest BCUT2D eigenvalue weighted by atomic mass is 16.2. The molecule has 1 aliphatic rings. The molecule has 0 bridgehead atoms. The molecule has 3 rings (SSSR count). The van der Waals surface area contributed by atoms with E-state index in [4.69, 9.17) is 0 Å². The molecule has 5 nitrogen and oxygen atoms in total. The van der Waals surface area contributed by atoms with E-state index in [2.05, 4.69) is 47.2 Å². The molecule has 1 fully saturated rings. The Kier molecular flexibility index (Phi) is 6.70. The van der Waals surface area contributed by atoms with Gasteiger partial charge in [0.15, 0.2) is 5.78 Å². The molecule has 1 N–H and O–H groups in total. The monoisotopic (exact) mass is 393 g/mol. The summed E-state index contributed by atoms with van der Waals surface area (Å²) in [6.07, 6.45) is 0. The molecule has 0 aromatic heterocycles. The lowest BCUT2D eigenvalue weighted by molar-refractivity contribution is -0.123. The molecular formula is C24H31N3O2. The number of anilines is 1. The van der Waals surface area contributed by atoms with Gasteiger partial charge in [-0.3, -0.25) is 14.5 Å². The maximum Gasteiger partial charge on any atom is 0.234 e. The SMILES string of the molecule is CC(=O)c1ccc(N2CCN(CC(=O)N[C@@H](C)c3cc(C)ccc3C)CC2)cc1. The highest BCUT2D eigenvalue weighted by molar-refractivity contribution is 5.94. The van der Waals surface area contributed by atoms with Crippen molar-refractivity contribution in [1.82, 2.24) is 10.2 Å². The van der Waals surface area contributed by atoms with E-state index in [9.17, 15) is 9.59 Å². The number of aryl methyl sites for hydroxylation is 2. The molecule has 0 saturated carbocycles. The first-order valence-corrected chi connectivity index (χ1v) is 10.3. The summed E-state index contributed by atoms with van der Waals surface area (Å²) in [5.74, 6) is 0.153. The summed E-state index contributed by atoms with van der Waals surface area (Å²) in [5.41, 5.74) is 5.45. The number of nitrogens with one attached hydrogen (secondary N) is 1. The number of ketones is 1. The van der Waals surface area contributed by atoms with Crippen molar-refractivity contribution < 1.29 is 9.59 Å². The minimum atomic E-state index is 0.00322. The Labute approximate surface area is 173 Å². The number of amides is 1. The van der Waals surface area contributed by atoms with Crippen LogP contribution in [-0.4, -0.2) is 49.3 Å². The Bertz CT molecular complexity index is 868. The Morgan fingerprint density at radius 1 is 1.00 bits per heavy atom. The standard InChI is InChI=1S/C24H31N3O2/c1-17-5-6-18(2)23(15-17)19(3)25-24(29)16-26-11-13-27(14-12-26)22-9-7-21(8-10-22)20(4)28/h5-10,15,19H,11-14,16H2,1-4H3,(H,25,29)/t19-/m0/s1. The molecule has 1 atom stereocenters. The third-order valence-electron chi connectivity index (χ3n) is 5.66. The van der Waals surface area contributed by atoms with E-state index in [-0.39, 0.29) is 17.7 Å². The number of rotatable bonds is 6. The predicted octanol–water partition coefficient (Wildman–Crippen LogP) is 3.51. The fourth-order valence-electron chi connectivity index (χ4n) is 3.87. The van der Waals surface area contributed by atoms with Crippen molar-refractivity contribution in [2.45, 2.75) is 33.7 Å². The van der Waals surface area contributed by atoms with Crippen LogP contribution in [0, 0.1) is 13.8 Å². The number of carbonyl (C=O) groups excluding carboxylic acids is 2. The van der Waals surface area contributed by atoms with E-state index < -0.39 is 0 Å².